The first-order valence-corrected chi connectivity index (χ1v) is 5.96. The molecule has 0 aliphatic rings. The van der Waals surface area contributed by atoms with Crippen molar-refractivity contribution in [3.63, 3.8) is 0 Å². The number of likely N-dealkylation sites (N-methyl/N-ethyl adjacent to an activating group) is 1. The number of rotatable bonds is 6. The van der Waals surface area contributed by atoms with Crippen molar-refractivity contribution in [2.24, 2.45) is 0 Å². The predicted octanol–water partition coefficient (Wildman–Crippen LogP) is 0.859. The Morgan fingerprint density at radius 3 is 2.79 bits per heavy atom. The van der Waals surface area contributed by atoms with Gasteiger partial charge in [-0.25, -0.2) is 0 Å². The van der Waals surface area contributed by atoms with Crippen LogP contribution in [0.3, 0.4) is 0 Å². The maximum absolute atomic E-state index is 11.9. The maximum atomic E-state index is 11.9. The molecule has 0 spiro atoms. The van der Waals surface area contributed by atoms with E-state index in [1.165, 1.54) is 18.2 Å². The number of hydrogen-bond acceptors (Lipinski definition) is 5. The Bertz CT molecular complexity index is 476. The minimum Gasteiger partial charge on any atom is -0.399 e. The van der Waals surface area contributed by atoms with Crippen LogP contribution in [0.5, 0.6) is 0 Å². The van der Waals surface area contributed by atoms with E-state index in [2.05, 4.69) is 5.32 Å². The number of anilines is 1. The lowest BCUT2D eigenvalue weighted by atomic mass is 10.1. The van der Waals surface area contributed by atoms with Gasteiger partial charge in [-0.1, -0.05) is 6.92 Å². The average Bonchev–Trinajstić information content (AvgIpc) is 2.37. The van der Waals surface area contributed by atoms with Crippen molar-refractivity contribution in [2.75, 3.05) is 32.4 Å². The Kier molecular flexibility index (Phi) is 5.25. The fourth-order valence-electron chi connectivity index (χ4n) is 1.51. The first-order valence-electron chi connectivity index (χ1n) is 5.96. The van der Waals surface area contributed by atoms with E-state index in [9.17, 15) is 14.9 Å². The van der Waals surface area contributed by atoms with Gasteiger partial charge in [0.25, 0.3) is 11.6 Å². The van der Waals surface area contributed by atoms with Crippen molar-refractivity contribution in [1.29, 1.82) is 0 Å². The second kappa shape index (κ2) is 6.69. The molecular weight excluding hydrogens is 248 g/mol. The number of hydrogen-bond donors (Lipinski definition) is 2. The number of nitrogens with zero attached hydrogens (tertiary/aromatic N) is 2. The van der Waals surface area contributed by atoms with Crippen LogP contribution in [-0.2, 0) is 0 Å². The van der Waals surface area contributed by atoms with Crippen molar-refractivity contribution in [3.05, 3.63) is 33.9 Å². The highest BCUT2D eigenvalue weighted by Gasteiger charge is 2.19. The molecule has 0 fully saturated rings. The minimum atomic E-state index is -0.591. The third-order valence-corrected chi connectivity index (χ3v) is 2.78. The van der Waals surface area contributed by atoms with Gasteiger partial charge in [-0.05, 0) is 25.7 Å². The van der Waals surface area contributed by atoms with Crippen LogP contribution in [0.2, 0.25) is 0 Å². The zero-order valence-corrected chi connectivity index (χ0v) is 11.0. The normalized spacial score (nSPS) is 10.5. The first kappa shape index (κ1) is 14.9. The van der Waals surface area contributed by atoms with Gasteiger partial charge < -0.3 is 16.0 Å². The standard InChI is InChI=1S/C12H18N4O3/c1-3-15(2)7-6-14-12(17)10-8-9(13)4-5-11(10)16(18)19/h4-5,8H,3,6-7,13H2,1-2H3,(H,14,17). The Morgan fingerprint density at radius 1 is 1.53 bits per heavy atom. The lowest BCUT2D eigenvalue weighted by Gasteiger charge is -2.14. The van der Waals surface area contributed by atoms with Gasteiger partial charge in [0.2, 0.25) is 0 Å². The Balaban J connectivity index is 2.76. The molecule has 1 aromatic carbocycles. The summed E-state index contributed by atoms with van der Waals surface area (Å²) in [6.45, 7) is 3.98. The smallest absolute Gasteiger partial charge is 0.282 e. The molecule has 1 amide bonds. The summed E-state index contributed by atoms with van der Waals surface area (Å²) in [4.78, 5) is 24.2. The van der Waals surface area contributed by atoms with Crippen LogP contribution in [0, 0.1) is 10.1 Å². The van der Waals surface area contributed by atoms with Crippen LogP contribution in [0.1, 0.15) is 17.3 Å². The molecule has 0 aromatic heterocycles. The molecule has 7 heteroatoms. The molecule has 7 nitrogen and oxygen atoms in total. The first-order chi connectivity index (χ1) is 8.95. The molecule has 1 rings (SSSR count). The topological polar surface area (TPSA) is 102 Å². The van der Waals surface area contributed by atoms with Crippen molar-refractivity contribution < 1.29 is 9.72 Å². The van der Waals surface area contributed by atoms with E-state index in [0.717, 1.165) is 6.54 Å². The Labute approximate surface area is 111 Å². The van der Waals surface area contributed by atoms with E-state index in [1.54, 1.807) is 0 Å². The quantitative estimate of drug-likeness (QED) is 0.451. The molecule has 104 valence electrons. The summed E-state index contributed by atoms with van der Waals surface area (Å²) >= 11 is 0. The van der Waals surface area contributed by atoms with Gasteiger partial charge in [0.05, 0.1) is 4.92 Å². The summed E-state index contributed by atoms with van der Waals surface area (Å²) in [6, 6.07) is 3.96. The fourth-order valence-corrected chi connectivity index (χ4v) is 1.51. The lowest BCUT2D eigenvalue weighted by molar-refractivity contribution is -0.385. The third kappa shape index (κ3) is 4.22. The maximum Gasteiger partial charge on any atom is 0.282 e. The predicted molar refractivity (Wildman–Crippen MR) is 73.0 cm³/mol. The summed E-state index contributed by atoms with van der Waals surface area (Å²) in [6.07, 6.45) is 0. The van der Waals surface area contributed by atoms with Crippen LogP contribution in [0.4, 0.5) is 11.4 Å². The highest BCUT2D eigenvalue weighted by molar-refractivity contribution is 5.99. The van der Waals surface area contributed by atoms with Crippen molar-refractivity contribution in [2.45, 2.75) is 6.92 Å². The molecule has 0 radical (unpaired) electrons. The zero-order chi connectivity index (χ0) is 14.4. The largest absolute Gasteiger partial charge is 0.399 e. The number of carbonyl (C=O) groups is 1. The highest BCUT2D eigenvalue weighted by Crippen LogP contribution is 2.20. The second-order valence-corrected chi connectivity index (χ2v) is 4.19. The molecular formula is C12H18N4O3. The molecule has 0 bridgehead atoms. The summed E-state index contributed by atoms with van der Waals surface area (Å²) in [5.74, 6) is -0.483. The minimum absolute atomic E-state index is 0.0100. The molecule has 0 heterocycles. The van der Waals surface area contributed by atoms with E-state index >= 15 is 0 Å². The molecule has 1 aromatic rings. The molecule has 19 heavy (non-hydrogen) atoms. The number of carbonyl (C=O) groups excluding carboxylic acids is 1. The number of nitro benzene ring substituents is 1. The summed E-state index contributed by atoms with van der Waals surface area (Å²) < 4.78 is 0. The molecule has 0 aliphatic carbocycles. The monoisotopic (exact) mass is 266 g/mol. The SMILES string of the molecule is CCN(C)CCNC(=O)c1cc(N)ccc1[N+](=O)[O-]. The van der Waals surface area contributed by atoms with Crippen LogP contribution in [0.15, 0.2) is 18.2 Å². The Hall–Kier alpha value is -2.15. The number of nitro groups is 1. The van der Waals surface area contributed by atoms with Crippen molar-refractivity contribution >= 4 is 17.3 Å². The molecule has 0 atom stereocenters. The fraction of sp³-hybridized carbons (Fsp3) is 0.417. The van der Waals surface area contributed by atoms with Crippen molar-refractivity contribution in [3.8, 4) is 0 Å². The summed E-state index contributed by atoms with van der Waals surface area (Å²) in [5.41, 5.74) is 5.62. The van der Waals surface area contributed by atoms with Gasteiger partial charge in [0.15, 0.2) is 0 Å². The van der Waals surface area contributed by atoms with Gasteiger partial charge in [-0.2, -0.15) is 0 Å². The number of nitrogens with two attached hydrogens (primary N) is 1. The van der Waals surface area contributed by atoms with Crippen LogP contribution in [-0.4, -0.2) is 42.4 Å². The number of benzene rings is 1. The van der Waals surface area contributed by atoms with Crippen LogP contribution in [0.25, 0.3) is 0 Å². The average molecular weight is 266 g/mol. The van der Waals surface area contributed by atoms with Crippen LogP contribution < -0.4 is 11.1 Å². The van der Waals surface area contributed by atoms with Gasteiger partial charge in [0.1, 0.15) is 5.56 Å². The van der Waals surface area contributed by atoms with Crippen LogP contribution >= 0.6 is 0 Å². The Morgan fingerprint density at radius 2 is 2.21 bits per heavy atom. The van der Waals surface area contributed by atoms with E-state index in [-0.39, 0.29) is 11.3 Å². The molecule has 0 saturated heterocycles. The van der Waals surface area contributed by atoms with Gasteiger partial charge >= 0.3 is 0 Å². The number of amides is 1. The zero-order valence-electron chi connectivity index (χ0n) is 11.0. The van der Waals surface area contributed by atoms with E-state index in [4.69, 9.17) is 5.73 Å². The van der Waals surface area contributed by atoms with Gasteiger partial charge in [-0.15, -0.1) is 0 Å². The number of nitrogen functional groups attached to an aromatic ring is 1. The van der Waals surface area contributed by atoms with Gasteiger partial charge in [-0.3, -0.25) is 14.9 Å². The van der Waals surface area contributed by atoms with E-state index in [1.807, 2.05) is 18.9 Å². The summed E-state index contributed by atoms with van der Waals surface area (Å²) in [5, 5.41) is 13.5. The number of nitrogens with one attached hydrogen (secondary N) is 1. The highest BCUT2D eigenvalue weighted by atomic mass is 16.6. The van der Waals surface area contributed by atoms with Gasteiger partial charge in [0, 0.05) is 24.8 Å². The molecule has 0 aliphatic heterocycles. The van der Waals surface area contributed by atoms with E-state index in [0.29, 0.717) is 18.8 Å². The summed E-state index contributed by atoms with van der Waals surface area (Å²) in [7, 11) is 1.93. The second-order valence-electron chi connectivity index (χ2n) is 4.19. The molecule has 0 saturated carbocycles. The molecule has 3 N–H and O–H groups in total. The molecule has 0 unspecified atom stereocenters. The van der Waals surface area contributed by atoms with Crippen molar-refractivity contribution in [1.82, 2.24) is 10.2 Å². The lowest BCUT2D eigenvalue weighted by Crippen LogP contribution is -2.33. The third-order valence-electron chi connectivity index (χ3n) is 2.78. The van der Waals surface area contributed by atoms with E-state index < -0.39 is 10.8 Å².